The van der Waals surface area contributed by atoms with Gasteiger partial charge in [-0.3, -0.25) is 10.1 Å². The molecule has 0 aromatic heterocycles. The topological polar surface area (TPSA) is 55.6 Å². The number of likely N-dealkylation sites (tertiary alicyclic amines) is 1. The summed E-state index contributed by atoms with van der Waals surface area (Å²) in [5.41, 5.74) is 3.68. The van der Waals surface area contributed by atoms with E-state index in [0.717, 1.165) is 43.8 Å². The molecule has 1 aliphatic heterocycles. The lowest BCUT2D eigenvalue weighted by molar-refractivity contribution is -0.384. The zero-order valence-corrected chi connectivity index (χ0v) is 17.8. The Morgan fingerprint density at radius 2 is 1.81 bits per heavy atom. The predicted molar refractivity (Wildman–Crippen MR) is 123 cm³/mol. The van der Waals surface area contributed by atoms with E-state index in [4.69, 9.17) is 4.74 Å². The van der Waals surface area contributed by atoms with E-state index in [1.165, 1.54) is 11.1 Å². The lowest BCUT2D eigenvalue weighted by atomic mass is 9.87. The summed E-state index contributed by atoms with van der Waals surface area (Å²) in [6, 6.07) is 25.8. The molecule has 5 nitrogen and oxygen atoms in total. The molecule has 1 fully saturated rings. The van der Waals surface area contributed by atoms with Gasteiger partial charge < -0.3 is 9.64 Å². The van der Waals surface area contributed by atoms with Gasteiger partial charge in [0.15, 0.2) is 0 Å². The van der Waals surface area contributed by atoms with Gasteiger partial charge in [-0.05, 0) is 43.0 Å². The van der Waals surface area contributed by atoms with Crippen molar-refractivity contribution in [1.82, 2.24) is 4.90 Å². The van der Waals surface area contributed by atoms with E-state index < -0.39 is 0 Å². The summed E-state index contributed by atoms with van der Waals surface area (Å²) in [5.74, 6) is 1.20. The minimum atomic E-state index is -0.331. The normalized spacial score (nSPS) is 19.1. The van der Waals surface area contributed by atoms with Crippen molar-refractivity contribution in [2.45, 2.75) is 31.8 Å². The Labute approximate surface area is 183 Å². The van der Waals surface area contributed by atoms with Crippen LogP contribution < -0.4 is 4.74 Å². The zero-order valence-electron chi connectivity index (χ0n) is 17.8. The zero-order chi connectivity index (χ0) is 21.6. The van der Waals surface area contributed by atoms with Crippen LogP contribution in [0.3, 0.4) is 0 Å². The number of piperidine rings is 1. The second-order valence-electron chi connectivity index (χ2n) is 8.25. The highest BCUT2D eigenvalue weighted by atomic mass is 16.6. The fourth-order valence-corrected chi connectivity index (χ4v) is 4.27. The molecule has 1 aliphatic rings. The Morgan fingerprint density at radius 1 is 1.03 bits per heavy atom. The van der Waals surface area contributed by atoms with Gasteiger partial charge in [-0.15, -0.1) is 0 Å². The SMILES string of the molecule is Cc1ccc(O[C@@H]2CCN(CCc3cccc([N+](=O)[O-])c3)C[C@@H]2c2ccccc2)cc1. The van der Waals surface area contributed by atoms with Crippen LogP contribution in [-0.2, 0) is 6.42 Å². The van der Waals surface area contributed by atoms with Gasteiger partial charge in [0, 0.05) is 37.7 Å². The summed E-state index contributed by atoms with van der Waals surface area (Å²) < 4.78 is 6.43. The monoisotopic (exact) mass is 416 g/mol. The fourth-order valence-electron chi connectivity index (χ4n) is 4.27. The van der Waals surface area contributed by atoms with Crippen LogP contribution in [0, 0.1) is 17.0 Å². The Morgan fingerprint density at radius 3 is 2.55 bits per heavy atom. The van der Waals surface area contributed by atoms with E-state index in [2.05, 4.69) is 48.2 Å². The van der Waals surface area contributed by atoms with Crippen molar-refractivity contribution in [3.05, 3.63) is 106 Å². The average molecular weight is 417 g/mol. The second kappa shape index (κ2) is 9.75. The quantitative estimate of drug-likeness (QED) is 0.383. The van der Waals surface area contributed by atoms with Gasteiger partial charge in [0.25, 0.3) is 5.69 Å². The predicted octanol–water partition coefficient (Wildman–Crippen LogP) is 5.38. The number of rotatable bonds is 7. The highest BCUT2D eigenvalue weighted by Crippen LogP contribution is 2.31. The molecule has 5 heteroatoms. The molecule has 0 bridgehead atoms. The largest absolute Gasteiger partial charge is 0.490 e. The maximum Gasteiger partial charge on any atom is 0.269 e. The van der Waals surface area contributed by atoms with Crippen LogP contribution in [0.4, 0.5) is 5.69 Å². The van der Waals surface area contributed by atoms with E-state index >= 15 is 0 Å². The van der Waals surface area contributed by atoms with Gasteiger partial charge in [-0.2, -0.15) is 0 Å². The van der Waals surface area contributed by atoms with Crippen LogP contribution in [0.25, 0.3) is 0 Å². The number of hydrogen-bond donors (Lipinski definition) is 0. The smallest absolute Gasteiger partial charge is 0.269 e. The number of non-ortho nitro benzene ring substituents is 1. The molecule has 0 aliphatic carbocycles. The maximum atomic E-state index is 11.0. The van der Waals surface area contributed by atoms with Crippen molar-refractivity contribution in [1.29, 1.82) is 0 Å². The van der Waals surface area contributed by atoms with Crippen LogP contribution in [0.1, 0.15) is 29.0 Å². The summed E-state index contributed by atoms with van der Waals surface area (Å²) in [7, 11) is 0. The van der Waals surface area contributed by atoms with Crippen LogP contribution in [0.5, 0.6) is 5.75 Å². The lowest BCUT2D eigenvalue weighted by Gasteiger charge is -2.39. The third kappa shape index (κ3) is 5.50. The molecule has 31 heavy (non-hydrogen) atoms. The van der Waals surface area contributed by atoms with Crippen molar-refractivity contribution in [3.8, 4) is 5.75 Å². The number of ether oxygens (including phenoxy) is 1. The molecule has 3 aromatic carbocycles. The van der Waals surface area contributed by atoms with E-state index in [1.807, 2.05) is 24.3 Å². The molecule has 0 radical (unpaired) electrons. The van der Waals surface area contributed by atoms with Crippen molar-refractivity contribution < 1.29 is 9.66 Å². The van der Waals surface area contributed by atoms with Crippen molar-refractivity contribution >= 4 is 5.69 Å². The number of hydrogen-bond acceptors (Lipinski definition) is 4. The van der Waals surface area contributed by atoms with Crippen LogP contribution in [0.15, 0.2) is 78.9 Å². The molecular formula is C26H28N2O3. The molecule has 3 aromatic rings. The van der Waals surface area contributed by atoms with Crippen molar-refractivity contribution in [2.24, 2.45) is 0 Å². The number of nitro groups is 1. The Kier molecular flexibility index (Phi) is 6.63. The number of nitro benzene ring substituents is 1. The van der Waals surface area contributed by atoms with Gasteiger partial charge in [-0.25, -0.2) is 0 Å². The molecule has 1 heterocycles. The molecule has 0 saturated carbocycles. The molecular weight excluding hydrogens is 388 g/mol. The van der Waals surface area contributed by atoms with Gasteiger partial charge in [0.05, 0.1) is 4.92 Å². The van der Waals surface area contributed by atoms with Crippen molar-refractivity contribution in [3.63, 3.8) is 0 Å². The summed E-state index contributed by atoms with van der Waals surface area (Å²) in [4.78, 5) is 13.2. The van der Waals surface area contributed by atoms with E-state index in [9.17, 15) is 10.1 Å². The molecule has 4 rings (SSSR count). The Bertz CT molecular complexity index is 1000. The first-order valence-corrected chi connectivity index (χ1v) is 10.8. The van der Waals surface area contributed by atoms with Crippen LogP contribution in [-0.4, -0.2) is 35.6 Å². The summed E-state index contributed by atoms with van der Waals surface area (Å²) in [6.45, 7) is 4.82. The Hall–Kier alpha value is -3.18. The lowest BCUT2D eigenvalue weighted by Crippen LogP contribution is -2.44. The maximum absolute atomic E-state index is 11.0. The van der Waals surface area contributed by atoms with E-state index in [-0.39, 0.29) is 22.6 Å². The number of benzene rings is 3. The third-order valence-electron chi connectivity index (χ3n) is 6.01. The van der Waals surface area contributed by atoms with Gasteiger partial charge in [-0.1, -0.05) is 60.2 Å². The number of aryl methyl sites for hydroxylation is 1. The molecule has 0 spiro atoms. The van der Waals surface area contributed by atoms with Gasteiger partial charge >= 0.3 is 0 Å². The van der Waals surface area contributed by atoms with E-state index in [0.29, 0.717) is 0 Å². The minimum absolute atomic E-state index is 0.124. The molecule has 0 unspecified atom stereocenters. The summed E-state index contributed by atoms with van der Waals surface area (Å²) in [5, 5.41) is 11.0. The molecule has 0 N–H and O–H groups in total. The first kappa shape index (κ1) is 21.1. The third-order valence-corrected chi connectivity index (χ3v) is 6.01. The average Bonchev–Trinajstić information content (AvgIpc) is 2.80. The second-order valence-corrected chi connectivity index (χ2v) is 8.25. The summed E-state index contributed by atoms with van der Waals surface area (Å²) >= 11 is 0. The van der Waals surface area contributed by atoms with E-state index in [1.54, 1.807) is 18.2 Å². The first-order chi connectivity index (χ1) is 15.1. The minimum Gasteiger partial charge on any atom is -0.490 e. The standard InChI is InChI=1S/C26H28N2O3/c1-20-10-12-24(13-11-20)31-26-15-17-27(19-25(26)22-7-3-2-4-8-22)16-14-21-6-5-9-23(18-21)28(29)30/h2-13,18,25-26H,14-17,19H2,1H3/t25-,26-/m1/s1. The molecule has 160 valence electrons. The molecule has 0 amide bonds. The van der Waals surface area contributed by atoms with Gasteiger partial charge in [0.2, 0.25) is 0 Å². The highest BCUT2D eigenvalue weighted by molar-refractivity contribution is 5.34. The molecule has 1 saturated heterocycles. The molecule has 2 atom stereocenters. The van der Waals surface area contributed by atoms with Crippen LogP contribution in [0.2, 0.25) is 0 Å². The summed E-state index contributed by atoms with van der Waals surface area (Å²) in [6.07, 6.45) is 1.87. The van der Waals surface area contributed by atoms with Crippen molar-refractivity contribution in [2.75, 3.05) is 19.6 Å². The van der Waals surface area contributed by atoms with Gasteiger partial charge in [0.1, 0.15) is 11.9 Å². The first-order valence-electron chi connectivity index (χ1n) is 10.8. The highest BCUT2D eigenvalue weighted by Gasteiger charge is 2.32. The Balaban J connectivity index is 1.45. The van der Waals surface area contributed by atoms with Crippen LogP contribution >= 0.6 is 0 Å². The fraction of sp³-hybridized carbons (Fsp3) is 0.308. The number of nitrogens with zero attached hydrogens (tertiary/aromatic N) is 2.